The SMILES string of the molecule is CS\C(=C/C=C/C=C/C=C\S)c1nc(SCc2ccccc2)[nH]c(=O)c1C.NSc1ccc(F)cc1. The molecule has 0 aliphatic heterocycles. The minimum absolute atomic E-state index is 0.0988. The first-order chi connectivity index (χ1) is 17.5. The average Bonchev–Trinajstić information content (AvgIpc) is 2.90. The number of H-pyrrole nitrogens is 1. The highest BCUT2D eigenvalue weighted by Gasteiger charge is 2.11. The zero-order valence-corrected chi connectivity index (χ0v) is 23.3. The van der Waals surface area contributed by atoms with Crippen molar-refractivity contribution < 1.29 is 4.39 Å². The van der Waals surface area contributed by atoms with E-state index in [1.165, 1.54) is 29.5 Å². The zero-order chi connectivity index (χ0) is 26.2. The van der Waals surface area contributed by atoms with E-state index in [4.69, 9.17) is 10.1 Å². The molecule has 0 aliphatic rings. The van der Waals surface area contributed by atoms with E-state index in [9.17, 15) is 9.18 Å². The Kier molecular flexibility index (Phi) is 14.2. The number of hydrogen-bond acceptors (Lipinski definition) is 7. The van der Waals surface area contributed by atoms with Gasteiger partial charge in [-0.2, -0.15) is 12.6 Å². The molecule has 0 bridgehead atoms. The van der Waals surface area contributed by atoms with Gasteiger partial charge in [0.25, 0.3) is 5.56 Å². The van der Waals surface area contributed by atoms with Crippen LogP contribution in [0.1, 0.15) is 16.8 Å². The van der Waals surface area contributed by atoms with Crippen LogP contribution in [0.4, 0.5) is 4.39 Å². The third-order valence-electron chi connectivity index (χ3n) is 4.53. The number of hydrogen-bond donors (Lipinski definition) is 3. The summed E-state index contributed by atoms with van der Waals surface area (Å²) in [5.41, 5.74) is 2.45. The number of thiol groups is 1. The standard InChI is InChI=1S/C21H22N2OS3.C6H6FNS/c1-16-19(18(26-2)13-9-4-3-5-10-14-25)22-21(23-20(16)24)27-15-17-11-7-6-8-12-17;7-5-1-3-6(9-8)4-2-5/h3-14,25H,15H2,1-2H3,(H,22,23,24);1-4H,8H2/b5-3+,9-4+,14-10-,18-13-;. The molecular weight excluding hydrogens is 530 g/mol. The van der Waals surface area contributed by atoms with Gasteiger partial charge in [0.2, 0.25) is 0 Å². The van der Waals surface area contributed by atoms with Crippen molar-refractivity contribution in [2.24, 2.45) is 5.14 Å². The molecule has 1 heterocycles. The summed E-state index contributed by atoms with van der Waals surface area (Å²) in [5.74, 6) is 0.529. The van der Waals surface area contributed by atoms with Crippen molar-refractivity contribution in [2.45, 2.75) is 22.7 Å². The van der Waals surface area contributed by atoms with Crippen LogP contribution < -0.4 is 10.7 Å². The number of aromatic nitrogens is 2. The second-order valence-corrected chi connectivity index (χ2v) is 9.85. The molecule has 0 unspecified atom stereocenters. The number of benzene rings is 2. The number of nitrogens with two attached hydrogens (primary N) is 1. The van der Waals surface area contributed by atoms with Crippen molar-refractivity contribution >= 4 is 53.0 Å². The molecular formula is C27H28FN3OS4. The van der Waals surface area contributed by atoms with Crippen molar-refractivity contribution in [3.8, 4) is 0 Å². The normalized spacial score (nSPS) is 11.9. The Morgan fingerprint density at radius 1 is 1.06 bits per heavy atom. The van der Waals surface area contributed by atoms with Gasteiger partial charge >= 0.3 is 0 Å². The zero-order valence-electron chi connectivity index (χ0n) is 19.9. The first-order valence-electron chi connectivity index (χ1n) is 10.8. The molecule has 0 amide bonds. The molecule has 3 N–H and O–H groups in total. The Hall–Kier alpha value is -2.43. The molecule has 3 aromatic rings. The van der Waals surface area contributed by atoms with Gasteiger partial charge in [0.05, 0.1) is 5.69 Å². The Morgan fingerprint density at radius 2 is 1.72 bits per heavy atom. The molecule has 4 nitrogen and oxygen atoms in total. The number of rotatable bonds is 9. The molecule has 9 heteroatoms. The van der Waals surface area contributed by atoms with Gasteiger partial charge < -0.3 is 4.98 Å². The molecule has 36 heavy (non-hydrogen) atoms. The van der Waals surface area contributed by atoms with Gasteiger partial charge in [-0.15, -0.1) is 11.8 Å². The maximum atomic E-state index is 12.4. The highest BCUT2D eigenvalue weighted by atomic mass is 32.2. The van der Waals surface area contributed by atoms with E-state index in [1.807, 2.05) is 60.9 Å². The molecule has 0 spiro atoms. The third-order valence-corrected chi connectivity index (χ3v) is 6.96. The van der Waals surface area contributed by atoms with Crippen LogP contribution in [-0.4, -0.2) is 16.2 Å². The second kappa shape index (κ2) is 17.1. The molecule has 3 rings (SSSR count). The fourth-order valence-corrected chi connectivity index (χ4v) is 4.50. The Bertz CT molecular complexity index is 1250. The molecule has 0 atom stereocenters. The van der Waals surface area contributed by atoms with Crippen LogP contribution in [-0.2, 0) is 5.75 Å². The summed E-state index contributed by atoms with van der Waals surface area (Å²) >= 11 is 8.21. The van der Waals surface area contributed by atoms with Crippen molar-refractivity contribution in [1.82, 2.24) is 9.97 Å². The van der Waals surface area contributed by atoms with Gasteiger partial charge in [0, 0.05) is 21.1 Å². The van der Waals surface area contributed by atoms with Crippen LogP contribution >= 0.6 is 48.1 Å². The number of allylic oxidation sites excluding steroid dienone is 6. The molecule has 0 fully saturated rings. The molecule has 0 saturated carbocycles. The highest BCUT2D eigenvalue weighted by Crippen LogP contribution is 2.27. The first-order valence-corrected chi connectivity index (χ1v) is 14.4. The van der Waals surface area contributed by atoms with Crippen LogP contribution in [0.3, 0.4) is 0 Å². The number of aromatic amines is 1. The largest absolute Gasteiger partial charge is 0.301 e. The van der Waals surface area contributed by atoms with E-state index in [-0.39, 0.29) is 11.4 Å². The van der Waals surface area contributed by atoms with Gasteiger partial charge in [-0.05, 0) is 66.4 Å². The number of halogens is 1. The van der Waals surface area contributed by atoms with Crippen LogP contribution in [0.2, 0.25) is 0 Å². The summed E-state index contributed by atoms with van der Waals surface area (Å²) in [6.07, 6.45) is 13.5. The van der Waals surface area contributed by atoms with Crippen molar-refractivity contribution in [1.29, 1.82) is 0 Å². The maximum absolute atomic E-state index is 12.4. The fraction of sp³-hybridized carbons (Fsp3) is 0.111. The van der Waals surface area contributed by atoms with Crippen LogP contribution in [0.15, 0.2) is 111 Å². The predicted octanol–water partition coefficient (Wildman–Crippen LogP) is 7.42. The Labute approximate surface area is 230 Å². The van der Waals surface area contributed by atoms with Crippen molar-refractivity contribution in [2.75, 3.05) is 6.26 Å². The Morgan fingerprint density at radius 3 is 2.36 bits per heavy atom. The smallest absolute Gasteiger partial charge is 0.255 e. The van der Waals surface area contributed by atoms with Gasteiger partial charge in [0.15, 0.2) is 5.16 Å². The van der Waals surface area contributed by atoms with Gasteiger partial charge in [-0.25, -0.2) is 9.37 Å². The summed E-state index contributed by atoms with van der Waals surface area (Å²) in [4.78, 5) is 21.7. The summed E-state index contributed by atoms with van der Waals surface area (Å²) in [6.45, 7) is 1.80. The van der Waals surface area contributed by atoms with E-state index in [1.54, 1.807) is 36.2 Å². The van der Waals surface area contributed by atoms with Crippen molar-refractivity contribution in [3.05, 3.63) is 129 Å². The molecule has 2 aromatic carbocycles. The Balaban J connectivity index is 0.000000425. The lowest BCUT2D eigenvalue weighted by atomic mass is 10.2. The lowest BCUT2D eigenvalue weighted by Gasteiger charge is -2.09. The number of thioether (sulfide) groups is 2. The van der Waals surface area contributed by atoms with E-state index in [0.29, 0.717) is 10.7 Å². The van der Waals surface area contributed by atoms with Gasteiger partial charge in [-0.1, -0.05) is 72.5 Å². The average molecular weight is 558 g/mol. The third kappa shape index (κ3) is 10.7. The van der Waals surface area contributed by atoms with Gasteiger partial charge in [0.1, 0.15) is 5.82 Å². The van der Waals surface area contributed by atoms with E-state index >= 15 is 0 Å². The van der Waals surface area contributed by atoms with E-state index in [0.717, 1.165) is 33.2 Å². The molecule has 0 aliphatic carbocycles. The van der Waals surface area contributed by atoms with E-state index in [2.05, 4.69) is 29.7 Å². The minimum Gasteiger partial charge on any atom is -0.301 e. The highest BCUT2D eigenvalue weighted by molar-refractivity contribution is 8.07. The minimum atomic E-state index is -0.229. The maximum Gasteiger partial charge on any atom is 0.255 e. The van der Waals surface area contributed by atoms with Crippen LogP contribution in [0.5, 0.6) is 0 Å². The summed E-state index contributed by atoms with van der Waals surface area (Å²) in [6, 6.07) is 16.2. The first kappa shape index (κ1) is 29.8. The number of nitrogens with one attached hydrogen (secondary N) is 1. The van der Waals surface area contributed by atoms with Gasteiger partial charge in [-0.3, -0.25) is 9.93 Å². The lowest BCUT2D eigenvalue weighted by Crippen LogP contribution is -2.15. The topological polar surface area (TPSA) is 71.8 Å². The fourth-order valence-electron chi connectivity index (χ4n) is 2.69. The molecule has 0 radical (unpaired) electrons. The summed E-state index contributed by atoms with van der Waals surface area (Å²) < 4.78 is 12.2. The lowest BCUT2D eigenvalue weighted by molar-refractivity contribution is 0.626. The molecule has 1 aromatic heterocycles. The summed E-state index contributed by atoms with van der Waals surface area (Å²) in [7, 11) is 0. The second-order valence-electron chi connectivity index (χ2n) is 7.04. The quantitative estimate of drug-likeness (QED) is 0.0836. The number of nitrogens with zero attached hydrogens (tertiary/aromatic N) is 1. The van der Waals surface area contributed by atoms with Crippen LogP contribution in [0, 0.1) is 12.7 Å². The van der Waals surface area contributed by atoms with E-state index < -0.39 is 0 Å². The van der Waals surface area contributed by atoms with Crippen molar-refractivity contribution in [3.63, 3.8) is 0 Å². The summed E-state index contributed by atoms with van der Waals surface area (Å²) in [5, 5.41) is 7.50. The van der Waals surface area contributed by atoms with Crippen LogP contribution in [0.25, 0.3) is 4.91 Å². The monoisotopic (exact) mass is 557 g/mol. The molecule has 0 saturated heterocycles. The molecule has 188 valence electrons. The predicted molar refractivity (Wildman–Crippen MR) is 160 cm³/mol.